The zero-order valence-electron chi connectivity index (χ0n) is 14.6. The van der Waals surface area contributed by atoms with Crippen LogP contribution < -0.4 is 0 Å². The molecule has 2 aromatic rings. The van der Waals surface area contributed by atoms with E-state index in [0.717, 1.165) is 18.4 Å². The lowest BCUT2D eigenvalue weighted by atomic mass is 10.0. The molecule has 0 heterocycles. The van der Waals surface area contributed by atoms with Crippen LogP contribution in [0.25, 0.3) is 12.2 Å². The molecule has 23 heavy (non-hydrogen) atoms. The van der Waals surface area contributed by atoms with Crippen molar-refractivity contribution in [1.82, 2.24) is 0 Å². The predicted octanol–water partition coefficient (Wildman–Crippen LogP) is 6.51. The Bertz CT molecular complexity index is 639. The molecule has 0 nitrogen and oxygen atoms in total. The smallest absolute Gasteiger partial charge is 0.0146 e. The molecule has 0 saturated carbocycles. The Balaban J connectivity index is 2.00. The fraction of sp³-hybridized carbons (Fsp3) is 0.304. The van der Waals surface area contributed by atoms with Crippen molar-refractivity contribution in [3.05, 3.63) is 82.4 Å². The zero-order chi connectivity index (χ0) is 16.5. The maximum atomic E-state index is 3.37. The van der Waals surface area contributed by atoms with Crippen molar-refractivity contribution in [2.45, 2.75) is 46.5 Å². The Morgan fingerprint density at radius 1 is 0.783 bits per heavy atom. The number of benzene rings is 2. The van der Waals surface area contributed by atoms with Crippen LogP contribution in [0.2, 0.25) is 0 Å². The van der Waals surface area contributed by atoms with Gasteiger partial charge in [0.15, 0.2) is 0 Å². The quantitative estimate of drug-likeness (QED) is 0.511. The minimum absolute atomic E-state index is 1.14. The highest BCUT2D eigenvalue weighted by Gasteiger charge is 1.94. The molecule has 2 rings (SSSR count). The van der Waals surface area contributed by atoms with Crippen molar-refractivity contribution in [2.24, 2.45) is 0 Å². The van der Waals surface area contributed by atoms with Gasteiger partial charge < -0.3 is 0 Å². The predicted molar refractivity (Wildman–Crippen MR) is 102 cm³/mol. The van der Waals surface area contributed by atoms with Crippen LogP contribution in [0.3, 0.4) is 0 Å². The topological polar surface area (TPSA) is 0 Å². The van der Waals surface area contributed by atoms with Crippen LogP contribution in [0.4, 0.5) is 0 Å². The van der Waals surface area contributed by atoms with Gasteiger partial charge in [0.1, 0.15) is 0 Å². The molecule has 0 aliphatic carbocycles. The Morgan fingerprint density at radius 3 is 1.74 bits per heavy atom. The average molecular weight is 303 g/mol. The first-order valence-corrected chi connectivity index (χ1v) is 8.67. The van der Waals surface area contributed by atoms with Crippen molar-refractivity contribution in [1.29, 1.82) is 0 Å². The third kappa shape index (κ3) is 5.90. The molecule has 119 valence electrons. The van der Waals surface area contributed by atoms with E-state index in [0.29, 0.717) is 0 Å². The summed E-state index contributed by atoms with van der Waals surface area (Å²) in [5, 5.41) is 0. The number of rotatable bonds is 7. The monoisotopic (exact) mass is 303 g/mol. The summed E-state index contributed by atoms with van der Waals surface area (Å²) < 4.78 is 0. The lowest BCUT2D eigenvalue weighted by Gasteiger charge is -2.01. The number of aryl methyl sites for hydroxylation is 2. The molecule has 0 aromatic heterocycles. The fourth-order valence-corrected chi connectivity index (χ4v) is 2.63. The maximum Gasteiger partial charge on any atom is -0.0146 e. The summed E-state index contributed by atoms with van der Waals surface area (Å²) in [6.07, 6.45) is 12.3. The van der Waals surface area contributed by atoms with Crippen molar-refractivity contribution in [2.75, 3.05) is 0 Å². The van der Waals surface area contributed by atoms with Crippen molar-refractivity contribution < 1.29 is 0 Å². The Morgan fingerprint density at radius 2 is 1.26 bits per heavy atom. The molecule has 0 heteroatoms. The third-order valence-corrected chi connectivity index (χ3v) is 3.89. The van der Waals surface area contributed by atoms with Crippen molar-refractivity contribution in [3.8, 4) is 0 Å². The molecule has 0 spiro atoms. The second-order valence-electron chi connectivity index (χ2n) is 6.10. The highest BCUT2D eigenvalue weighted by molar-refractivity contribution is 5.58. The number of allylic oxidation sites excluding steroid dienone is 2. The summed E-state index contributed by atoms with van der Waals surface area (Å²) in [7, 11) is 0. The van der Waals surface area contributed by atoms with E-state index in [1.807, 2.05) is 0 Å². The normalized spacial score (nSPS) is 12.0. The molecular weight excluding hydrogens is 276 g/mol. The average Bonchev–Trinajstić information content (AvgIpc) is 2.57. The van der Waals surface area contributed by atoms with E-state index in [2.05, 4.69) is 87.5 Å². The van der Waals surface area contributed by atoms with Crippen LogP contribution in [0.5, 0.6) is 0 Å². The minimum Gasteiger partial charge on any atom is -0.0651 e. The van der Waals surface area contributed by atoms with Gasteiger partial charge in [-0.2, -0.15) is 0 Å². The van der Waals surface area contributed by atoms with E-state index >= 15 is 0 Å². The maximum absolute atomic E-state index is 3.37. The zero-order valence-corrected chi connectivity index (χ0v) is 14.6. The molecule has 0 amide bonds. The molecule has 0 bridgehead atoms. The van der Waals surface area contributed by atoms with Crippen LogP contribution in [-0.4, -0.2) is 0 Å². The second-order valence-corrected chi connectivity index (χ2v) is 6.10. The Hall–Kier alpha value is -2.08. The fourth-order valence-electron chi connectivity index (χ4n) is 2.63. The number of hydrogen-bond acceptors (Lipinski definition) is 0. The van der Waals surface area contributed by atoms with Gasteiger partial charge in [-0.15, -0.1) is 0 Å². The largest absolute Gasteiger partial charge is 0.0651 e. The molecule has 0 atom stereocenters. The van der Waals surface area contributed by atoms with Gasteiger partial charge in [-0.3, -0.25) is 0 Å². The summed E-state index contributed by atoms with van der Waals surface area (Å²) in [6, 6.07) is 17.6. The lowest BCUT2D eigenvalue weighted by Crippen LogP contribution is -1.83. The molecular formula is C23H27. The molecule has 0 N–H and O–H groups in total. The van der Waals surface area contributed by atoms with Gasteiger partial charge in [0, 0.05) is 0 Å². The van der Waals surface area contributed by atoms with E-state index < -0.39 is 0 Å². The first-order valence-electron chi connectivity index (χ1n) is 8.67. The van der Waals surface area contributed by atoms with Gasteiger partial charge in [0.25, 0.3) is 0 Å². The van der Waals surface area contributed by atoms with E-state index in [1.165, 1.54) is 35.1 Å². The lowest BCUT2D eigenvalue weighted by molar-refractivity contribution is 0.922. The minimum atomic E-state index is 1.14. The molecule has 1 radical (unpaired) electrons. The summed E-state index contributed by atoms with van der Waals surface area (Å²) >= 11 is 0. The molecule has 0 fully saturated rings. The summed E-state index contributed by atoms with van der Waals surface area (Å²) in [6.45, 7) is 6.53. The first kappa shape index (κ1) is 17.3. The summed E-state index contributed by atoms with van der Waals surface area (Å²) in [5.41, 5.74) is 6.40. The summed E-state index contributed by atoms with van der Waals surface area (Å²) in [5.74, 6) is 0. The van der Waals surface area contributed by atoms with Gasteiger partial charge >= 0.3 is 0 Å². The molecule has 2 aromatic carbocycles. The third-order valence-electron chi connectivity index (χ3n) is 3.89. The van der Waals surface area contributed by atoms with Gasteiger partial charge in [-0.25, -0.2) is 0 Å². The van der Waals surface area contributed by atoms with Crippen molar-refractivity contribution in [3.63, 3.8) is 0 Å². The van der Waals surface area contributed by atoms with Crippen LogP contribution in [0, 0.1) is 6.08 Å². The van der Waals surface area contributed by atoms with Gasteiger partial charge in [0.2, 0.25) is 0 Å². The molecule has 0 aliphatic heterocycles. The molecule has 0 unspecified atom stereocenters. The Kier molecular flexibility index (Phi) is 6.87. The first-order chi connectivity index (χ1) is 11.2. The highest BCUT2D eigenvalue weighted by Crippen LogP contribution is 2.13. The van der Waals surface area contributed by atoms with Gasteiger partial charge in [-0.1, -0.05) is 81.3 Å². The second kappa shape index (κ2) is 9.15. The van der Waals surface area contributed by atoms with Gasteiger partial charge in [-0.05, 0) is 59.7 Å². The molecule has 0 saturated heterocycles. The SMILES string of the molecule is CCCc1ccc(C=[C]C(C)=Cc2ccc(CCC)cc2)cc1. The number of hydrogen-bond donors (Lipinski definition) is 0. The van der Waals surface area contributed by atoms with Gasteiger partial charge in [0.05, 0.1) is 0 Å². The highest BCUT2D eigenvalue weighted by atomic mass is 14.0. The van der Waals surface area contributed by atoms with E-state index in [1.54, 1.807) is 0 Å². The standard InChI is InChI=1S/C23H27/c1-4-6-20-10-12-22(13-11-20)9-8-19(3)18-23-16-14-21(7-5-2)15-17-23/h9-18H,4-7H2,1-3H3. The Labute approximate surface area is 141 Å². The van der Waals surface area contributed by atoms with Crippen LogP contribution in [0.1, 0.15) is 55.9 Å². The van der Waals surface area contributed by atoms with E-state index in [4.69, 9.17) is 0 Å². The van der Waals surface area contributed by atoms with Crippen LogP contribution in [0.15, 0.2) is 54.1 Å². The van der Waals surface area contributed by atoms with E-state index in [-0.39, 0.29) is 0 Å². The van der Waals surface area contributed by atoms with Crippen molar-refractivity contribution >= 4 is 12.2 Å². The van der Waals surface area contributed by atoms with E-state index in [9.17, 15) is 0 Å². The molecule has 0 aliphatic rings. The summed E-state index contributed by atoms with van der Waals surface area (Å²) in [4.78, 5) is 0. The van der Waals surface area contributed by atoms with Crippen LogP contribution in [-0.2, 0) is 12.8 Å². The van der Waals surface area contributed by atoms with Crippen LogP contribution >= 0.6 is 0 Å².